The van der Waals surface area contributed by atoms with Crippen molar-refractivity contribution in [1.29, 1.82) is 0 Å². The summed E-state index contributed by atoms with van der Waals surface area (Å²) in [5.41, 5.74) is 1.05. The van der Waals surface area contributed by atoms with E-state index in [0.717, 1.165) is 12.5 Å². The SMILES string of the molecule is CCCN(C)C(=O)c1cncc(C=CC(=O)O)c1. The summed E-state index contributed by atoms with van der Waals surface area (Å²) in [5.74, 6) is -1.15. The molecule has 5 nitrogen and oxygen atoms in total. The van der Waals surface area contributed by atoms with E-state index in [1.54, 1.807) is 18.0 Å². The Morgan fingerprint density at radius 2 is 2.17 bits per heavy atom. The lowest BCUT2D eigenvalue weighted by Crippen LogP contribution is -2.27. The Kier molecular flexibility index (Phi) is 5.05. The molecular formula is C13H16N2O3. The summed E-state index contributed by atoms with van der Waals surface area (Å²) in [6, 6.07) is 1.63. The number of aliphatic carboxylic acids is 1. The van der Waals surface area contributed by atoms with Crippen LogP contribution in [0.25, 0.3) is 6.08 Å². The summed E-state index contributed by atoms with van der Waals surface area (Å²) in [5, 5.41) is 8.53. The predicted octanol–water partition coefficient (Wildman–Crippen LogP) is 1.66. The maximum absolute atomic E-state index is 12.0. The quantitative estimate of drug-likeness (QED) is 0.804. The van der Waals surface area contributed by atoms with E-state index in [4.69, 9.17) is 5.11 Å². The molecule has 0 spiro atoms. The monoisotopic (exact) mass is 248 g/mol. The number of carboxylic acid groups (broad SMARTS) is 1. The van der Waals surface area contributed by atoms with Gasteiger partial charge in [-0.1, -0.05) is 6.92 Å². The standard InChI is InChI=1S/C13H16N2O3/c1-3-6-15(2)13(18)11-7-10(8-14-9-11)4-5-12(16)17/h4-5,7-9H,3,6H2,1-2H3,(H,16,17). The van der Waals surface area contributed by atoms with Gasteiger partial charge < -0.3 is 10.0 Å². The summed E-state index contributed by atoms with van der Waals surface area (Å²) in [7, 11) is 1.73. The summed E-state index contributed by atoms with van der Waals surface area (Å²) < 4.78 is 0. The number of aromatic nitrogens is 1. The summed E-state index contributed by atoms with van der Waals surface area (Å²) in [6.07, 6.45) is 6.30. The first-order chi connectivity index (χ1) is 8.54. The van der Waals surface area contributed by atoms with Crippen molar-refractivity contribution in [1.82, 2.24) is 9.88 Å². The number of carbonyl (C=O) groups is 2. The molecule has 1 amide bonds. The second-order valence-corrected chi connectivity index (χ2v) is 3.91. The molecule has 18 heavy (non-hydrogen) atoms. The van der Waals surface area contributed by atoms with E-state index in [9.17, 15) is 9.59 Å². The second-order valence-electron chi connectivity index (χ2n) is 3.91. The van der Waals surface area contributed by atoms with Gasteiger partial charge in [0.15, 0.2) is 0 Å². The number of amides is 1. The third-order valence-electron chi connectivity index (χ3n) is 2.33. The largest absolute Gasteiger partial charge is 0.478 e. The average Bonchev–Trinajstić information content (AvgIpc) is 2.36. The highest BCUT2D eigenvalue weighted by Gasteiger charge is 2.11. The van der Waals surface area contributed by atoms with E-state index >= 15 is 0 Å². The number of rotatable bonds is 5. The van der Waals surface area contributed by atoms with Crippen LogP contribution in [0.4, 0.5) is 0 Å². The smallest absolute Gasteiger partial charge is 0.328 e. The lowest BCUT2D eigenvalue weighted by molar-refractivity contribution is -0.131. The molecule has 1 rings (SSSR count). The van der Waals surface area contributed by atoms with E-state index in [1.165, 1.54) is 18.5 Å². The van der Waals surface area contributed by atoms with Crippen LogP contribution in [0, 0.1) is 0 Å². The minimum absolute atomic E-state index is 0.116. The van der Waals surface area contributed by atoms with E-state index in [0.29, 0.717) is 17.7 Å². The molecule has 0 radical (unpaired) electrons. The number of carboxylic acids is 1. The fourth-order valence-corrected chi connectivity index (χ4v) is 1.49. The van der Waals surface area contributed by atoms with Crippen LogP contribution in [0.2, 0.25) is 0 Å². The van der Waals surface area contributed by atoms with Crippen molar-refractivity contribution in [3.05, 3.63) is 35.7 Å². The molecule has 1 heterocycles. The van der Waals surface area contributed by atoms with Crippen LogP contribution in [0.5, 0.6) is 0 Å². The highest BCUT2D eigenvalue weighted by molar-refractivity contribution is 5.94. The number of hydrogen-bond donors (Lipinski definition) is 1. The van der Waals surface area contributed by atoms with Gasteiger partial charge in [0.2, 0.25) is 0 Å². The predicted molar refractivity (Wildman–Crippen MR) is 68.2 cm³/mol. The Labute approximate surface area is 106 Å². The zero-order valence-electron chi connectivity index (χ0n) is 10.5. The highest BCUT2D eigenvalue weighted by atomic mass is 16.4. The minimum atomic E-state index is -1.03. The lowest BCUT2D eigenvalue weighted by Gasteiger charge is -2.15. The molecule has 0 atom stereocenters. The highest BCUT2D eigenvalue weighted by Crippen LogP contribution is 2.07. The lowest BCUT2D eigenvalue weighted by atomic mass is 10.1. The van der Waals surface area contributed by atoms with Crippen LogP contribution in [0.15, 0.2) is 24.5 Å². The van der Waals surface area contributed by atoms with Gasteiger partial charge in [0.1, 0.15) is 0 Å². The van der Waals surface area contributed by atoms with Crippen LogP contribution >= 0.6 is 0 Å². The molecule has 1 N–H and O–H groups in total. The molecule has 0 aliphatic carbocycles. The minimum Gasteiger partial charge on any atom is -0.478 e. The zero-order chi connectivity index (χ0) is 13.5. The average molecular weight is 248 g/mol. The molecule has 0 saturated carbocycles. The first-order valence-corrected chi connectivity index (χ1v) is 5.66. The molecule has 0 saturated heterocycles. The first kappa shape index (κ1) is 13.9. The van der Waals surface area contributed by atoms with Gasteiger partial charge in [-0.05, 0) is 24.1 Å². The van der Waals surface area contributed by atoms with Gasteiger partial charge in [-0.2, -0.15) is 0 Å². The molecule has 96 valence electrons. The van der Waals surface area contributed by atoms with E-state index < -0.39 is 5.97 Å². The Balaban J connectivity index is 2.88. The van der Waals surface area contributed by atoms with Crippen LogP contribution < -0.4 is 0 Å². The summed E-state index contributed by atoms with van der Waals surface area (Å²) in [4.78, 5) is 27.9. The van der Waals surface area contributed by atoms with E-state index in [1.807, 2.05) is 6.92 Å². The number of hydrogen-bond acceptors (Lipinski definition) is 3. The fourth-order valence-electron chi connectivity index (χ4n) is 1.49. The maximum atomic E-state index is 12.0. The van der Waals surface area contributed by atoms with Gasteiger partial charge in [0, 0.05) is 32.1 Å². The molecule has 0 aliphatic rings. The fraction of sp³-hybridized carbons (Fsp3) is 0.308. The zero-order valence-corrected chi connectivity index (χ0v) is 10.5. The van der Waals surface area contributed by atoms with Crippen LogP contribution in [-0.4, -0.2) is 40.5 Å². The molecule has 5 heteroatoms. The Hall–Kier alpha value is -2.17. The molecule has 1 aromatic heterocycles. The number of pyridine rings is 1. The topological polar surface area (TPSA) is 70.5 Å². The number of carbonyl (C=O) groups excluding carboxylic acids is 1. The van der Waals surface area contributed by atoms with Crippen LogP contribution in [0.3, 0.4) is 0 Å². The Bertz CT molecular complexity index is 469. The van der Waals surface area contributed by atoms with Crippen molar-refractivity contribution in [2.75, 3.05) is 13.6 Å². The molecule has 0 aromatic carbocycles. The molecule has 0 bridgehead atoms. The summed E-state index contributed by atoms with van der Waals surface area (Å²) in [6.45, 7) is 2.67. The van der Waals surface area contributed by atoms with Crippen LogP contribution in [0.1, 0.15) is 29.3 Å². The van der Waals surface area contributed by atoms with Crippen molar-refractivity contribution in [3.63, 3.8) is 0 Å². The molecule has 0 unspecified atom stereocenters. The van der Waals surface area contributed by atoms with Gasteiger partial charge in [-0.15, -0.1) is 0 Å². The van der Waals surface area contributed by atoms with Crippen molar-refractivity contribution >= 4 is 18.0 Å². The van der Waals surface area contributed by atoms with Gasteiger partial charge in [0.25, 0.3) is 5.91 Å². The van der Waals surface area contributed by atoms with Crippen molar-refractivity contribution in [2.24, 2.45) is 0 Å². The molecule has 0 fully saturated rings. The van der Waals surface area contributed by atoms with Crippen molar-refractivity contribution < 1.29 is 14.7 Å². The van der Waals surface area contributed by atoms with E-state index in [2.05, 4.69) is 4.98 Å². The van der Waals surface area contributed by atoms with Crippen molar-refractivity contribution in [3.8, 4) is 0 Å². The normalized spacial score (nSPS) is 10.6. The van der Waals surface area contributed by atoms with Gasteiger partial charge in [0.05, 0.1) is 5.56 Å². The third kappa shape index (κ3) is 4.01. The van der Waals surface area contributed by atoms with Crippen molar-refractivity contribution in [2.45, 2.75) is 13.3 Å². The first-order valence-electron chi connectivity index (χ1n) is 5.66. The number of nitrogens with zero attached hydrogens (tertiary/aromatic N) is 2. The molecule has 0 aliphatic heterocycles. The Morgan fingerprint density at radius 1 is 1.44 bits per heavy atom. The van der Waals surface area contributed by atoms with E-state index in [-0.39, 0.29) is 5.91 Å². The third-order valence-corrected chi connectivity index (χ3v) is 2.33. The molecule has 1 aromatic rings. The van der Waals surface area contributed by atoms with Crippen LogP contribution in [-0.2, 0) is 4.79 Å². The molecular weight excluding hydrogens is 232 g/mol. The maximum Gasteiger partial charge on any atom is 0.328 e. The van der Waals surface area contributed by atoms with Gasteiger partial charge in [-0.3, -0.25) is 9.78 Å². The summed E-state index contributed by atoms with van der Waals surface area (Å²) >= 11 is 0. The van der Waals surface area contributed by atoms with Gasteiger partial charge in [-0.25, -0.2) is 4.79 Å². The Morgan fingerprint density at radius 3 is 2.78 bits per heavy atom. The van der Waals surface area contributed by atoms with Gasteiger partial charge >= 0.3 is 5.97 Å². The second kappa shape index (κ2) is 6.54.